The Morgan fingerprint density at radius 2 is 1.82 bits per heavy atom. The summed E-state index contributed by atoms with van der Waals surface area (Å²) in [4.78, 5) is 30.2. The van der Waals surface area contributed by atoms with E-state index < -0.39 is 5.60 Å². The van der Waals surface area contributed by atoms with Gasteiger partial charge in [-0.1, -0.05) is 18.2 Å². The molecule has 1 aromatic carbocycles. The maximum Gasteiger partial charge on any atom is 0.410 e. The minimum absolute atomic E-state index is 0.150. The molecule has 2 aliphatic heterocycles. The average molecular weight is 386 g/mol. The highest BCUT2D eigenvalue weighted by Gasteiger charge is 2.44. The number of rotatable bonds is 2. The molecule has 1 N–H and O–H groups in total. The Bertz CT molecular complexity index is 870. The number of benzene rings is 1. The Balaban J connectivity index is 1.45. The van der Waals surface area contributed by atoms with Gasteiger partial charge in [0.15, 0.2) is 0 Å². The number of aromatic amines is 1. The van der Waals surface area contributed by atoms with Crippen LogP contribution < -0.4 is 0 Å². The summed E-state index contributed by atoms with van der Waals surface area (Å²) >= 11 is 0. The van der Waals surface area contributed by atoms with Crippen molar-refractivity contribution in [3.05, 3.63) is 36.0 Å². The fourth-order valence-electron chi connectivity index (χ4n) is 4.03. The molecule has 0 spiro atoms. The molecule has 4 rings (SSSR count). The number of fused-ring (bicyclic) bond motifs is 3. The SMILES string of the molecule is CC(C)(C)OC(=O)N1[C@@H]2COC[C@@H]1CC(OC(=O)c1c[nH]c3ccccc13)C2. The van der Waals surface area contributed by atoms with Crippen molar-refractivity contribution in [2.75, 3.05) is 13.2 Å². The third-order valence-electron chi connectivity index (χ3n) is 5.16. The van der Waals surface area contributed by atoms with Crippen molar-refractivity contribution in [1.82, 2.24) is 9.88 Å². The molecule has 7 nitrogen and oxygen atoms in total. The molecule has 1 aromatic heterocycles. The van der Waals surface area contributed by atoms with Gasteiger partial charge in [-0.25, -0.2) is 9.59 Å². The summed E-state index contributed by atoms with van der Waals surface area (Å²) in [6, 6.07) is 7.34. The van der Waals surface area contributed by atoms with Gasteiger partial charge < -0.3 is 19.2 Å². The van der Waals surface area contributed by atoms with Gasteiger partial charge >= 0.3 is 12.1 Å². The van der Waals surface area contributed by atoms with Crippen LogP contribution in [0, 0.1) is 0 Å². The average Bonchev–Trinajstić information content (AvgIpc) is 3.03. The number of carbonyl (C=O) groups is 2. The van der Waals surface area contributed by atoms with Crippen molar-refractivity contribution in [2.45, 2.75) is 57.4 Å². The topological polar surface area (TPSA) is 80.9 Å². The maximum atomic E-state index is 12.7. The number of ether oxygens (including phenoxy) is 3. The zero-order chi connectivity index (χ0) is 19.9. The van der Waals surface area contributed by atoms with Gasteiger partial charge in [0.25, 0.3) is 0 Å². The number of para-hydroxylation sites is 1. The molecule has 2 aromatic rings. The van der Waals surface area contributed by atoms with Gasteiger partial charge in [-0.3, -0.25) is 4.90 Å². The third kappa shape index (κ3) is 3.71. The molecule has 1 amide bonds. The first-order chi connectivity index (χ1) is 13.3. The first kappa shape index (κ1) is 18.8. The van der Waals surface area contributed by atoms with Gasteiger partial charge in [0.1, 0.15) is 11.7 Å². The number of hydrogen-bond donors (Lipinski definition) is 1. The first-order valence-electron chi connectivity index (χ1n) is 9.68. The van der Waals surface area contributed by atoms with Crippen LogP contribution in [0.4, 0.5) is 4.79 Å². The number of piperidine rings is 1. The molecule has 2 bridgehead atoms. The van der Waals surface area contributed by atoms with Crippen molar-refractivity contribution in [3.8, 4) is 0 Å². The fourth-order valence-corrected chi connectivity index (χ4v) is 4.03. The minimum atomic E-state index is -0.551. The molecular weight excluding hydrogens is 360 g/mol. The Kier molecular flexibility index (Phi) is 4.79. The molecule has 2 atom stereocenters. The second-order valence-corrected chi connectivity index (χ2v) is 8.48. The van der Waals surface area contributed by atoms with Gasteiger partial charge in [0.2, 0.25) is 0 Å². The molecule has 28 heavy (non-hydrogen) atoms. The van der Waals surface area contributed by atoms with Crippen LogP contribution in [0.25, 0.3) is 10.9 Å². The molecule has 7 heteroatoms. The zero-order valence-electron chi connectivity index (χ0n) is 16.4. The van der Waals surface area contributed by atoms with Crippen molar-refractivity contribution in [1.29, 1.82) is 0 Å². The second kappa shape index (κ2) is 7.13. The number of carbonyl (C=O) groups excluding carboxylic acids is 2. The maximum absolute atomic E-state index is 12.7. The van der Waals surface area contributed by atoms with Crippen LogP contribution in [-0.4, -0.2) is 58.9 Å². The predicted molar refractivity (Wildman–Crippen MR) is 103 cm³/mol. The summed E-state index contributed by atoms with van der Waals surface area (Å²) in [5.74, 6) is -0.341. The Hall–Kier alpha value is -2.54. The van der Waals surface area contributed by atoms with Gasteiger partial charge in [-0.15, -0.1) is 0 Å². The number of nitrogens with zero attached hydrogens (tertiary/aromatic N) is 1. The molecule has 0 saturated carbocycles. The van der Waals surface area contributed by atoms with E-state index in [4.69, 9.17) is 14.2 Å². The standard InChI is InChI=1S/C21H26N2O5/c1-21(2,3)28-20(25)23-13-8-15(9-14(23)12-26-11-13)27-19(24)17-10-22-18-7-5-4-6-16(17)18/h4-7,10,13-15,22H,8-9,11-12H2,1-3H3/t13-,14-/m0/s1. The summed E-state index contributed by atoms with van der Waals surface area (Å²) in [5, 5.41) is 0.849. The summed E-state index contributed by atoms with van der Waals surface area (Å²) in [7, 11) is 0. The van der Waals surface area contributed by atoms with E-state index >= 15 is 0 Å². The highest BCUT2D eigenvalue weighted by molar-refractivity contribution is 6.04. The van der Waals surface area contributed by atoms with Crippen molar-refractivity contribution >= 4 is 23.0 Å². The van der Waals surface area contributed by atoms with E-state index in [1.54, 1.807) is 11.1 Å². The van der Waals surface area contributed by atoms with Gasteiger partial charge in [-0.05, 0) is 26.8 Å². The number of esters is 1. The van der Waals surface area contributed by atoms with E-state index in [1.807, 2.05) is 45.0 Å². The van der Waals surface area contributed by atoms with Crippen LogP contribution in [0.5, 0.6) is 0 Å². The lowest BCUT2D eigenvalue weighted by Crippen LogP contribution is -2.61. The normalized spacial score (nSPS) is 24.8. The minimum Gasteiger partial charge on any atom is -0.459 e. The molecule has 2 fully saturated rings. The number of nitrogens with one attached hydrogen (secondary N) is 1. The highest BCUT2D eigenvalue weighted by Crippen LogP contribution is 2.32. The van der Waals surface area contributed by atoms with Gasteiger partial charge in [0, 0.05) is 29.9 Å². The van der Waals surface area contributed by atoms with E-state index in [0.717, 1.165) is 10.9 Å². The molecule has 3 heterocycles. The van der Waals surface area contributed by atoms with E-state index in [1.165, 1.54) is 0 Å². The van der Waals surface area contributed by atoms with Crippen LogP contribution in [0.1, 0.15) is 44.0 Å². The van der Waals surface area contributed by atoms with Crippen LogP contribution in [0.15, 0.2) is 30.5 Å². The van der Waals surface area contributed by atoms with Crippen molar-refractivity contribution < 1.29 is 23.8 Å². The van der Waals surface area contributed by atoms with Crippen LogP contribution >= 0.6 is 0 Å². The lowest BCUT2D eigenvalue weighted by Gasteiger charge is -2.47. The molecule has 2 saturated heterocycles. The number of aromatic nitrogens is 1. The van der Waals surface area contributed by atoms with Crippen molar-refractivity contribution in [2.24, 2.45) is 0 Å². The van der Waals surface area contributed by atoms with Crippen LogP contribution in [0.3, 0.4) is 0 Å². The molecule has 0 aliphatic carbocycles. The van der Waals surface area contributed by atoms with Gasteiger partial charge in [-0.2, -0.15) is 0 Å². The fraction of sp³-hybridized carbons (Fsp3) is 0.524. The second-order valence-electron chi connectivity index (χ2n) is 8.48. The van der Waals surface area contributed by atoms with E-state index in [0.29, 0.717) is 31.6 Å². The number of amides is 1. The van der Waals surface area contributed by atoms with Crippen molar-refractivity contribution in [3.63, 3.8) is 0 Å². The summed E-state index contributed by atoms with van der Waals surface area (Å²) in [6.07, 6.45) is 2.20. The van der Waals surface area contributed by atoms with E-state index in [2.05, 4.69) is 4.98 Å². The smallest absolute Gasteiger partial charge is 0.410 e. The largest absolute Gasteiger partial charge is 0.459 e. The zero-order valence-corrected chi connectivity index (χ0v) is 16.4. The molecule has 0 radical (unpaired) electrons. The van der Waals surface area contributed by atoms with Crippen LogP contribution in [0.2, 0.25) is 0 Å². The molecule has 150 valence electrons. The van der Waals surface area contributed by atoms with E-state index in [9.17, 15) is 9.59 Å². The Morgan fingerprint density at radius 3 is 2.50 bits per heavy atom. The van der Waals surface area contributed by atoms with E-state index in [-0.39, 0.29) is 30.3 Å². The van der Waals surface area contributed by atoms with Crippen LogP contribution in [-0.2, 0) is 14.2 Å². The first-order valence-corrected chi connectivity index (χ1v) is 9.68. The summed E-state index contributed by atoms with van der Waals surface area (Å²) < 4.78 is 17.0. The molecule has 2 aliphatic rings. The van der Waals surface area contributed by atoms with Gasteiger partial charge in [0.05, 0.1) is 30.9 Å². The quantitative estimate of drug-likeness (QED) is 0.799. The summed E-state index contributed by atoms with van der Waals surface area (Å²) in [6.45, 7) is 6.42. The molecular formula is C21H26N2O5. The monoisotopic (exact) mass is 386 g/mol. The lowest BCUT2D eigenvalue weighted by atomic mass is 9.92. The molecule has 0 unspecified atom stereocenters. The third-order valence-corrected chi connectivity index (χ3v) is 5.16. The predicted octanol–water partition coefficient (Wildman–Crippen LogP) is 3.49. The summed E-state index contributed by atoms with van der Waals surface area (Å²) in [5.41, 5.74) is 0.885. The number of H-pyrrole nitrogens is 1. The lowest BCUT2D eigenvalue weighted by molar-refractivity contribution is -0.106. The Labute approximate surface area is 163 Å². The number of morpholine rings is 1. The highest BCUT2D eigenvalue weighted by atomic mass is 16.6. The number of hydrogen-bond acceptors (Lipinski definition) is 5. The Morgan fingerprint density at radius 1 is 1.14 bits per heavy atom.